The molecule has 1 aliphatic carbocycles. The van der Waals surface area contributed by atoms with Crippen molar-refractivity contribution < 1.29 is 9.90 Å². The van der Waals surface area contributed by atoms with Crippen LogP contribution in [-0.4, -0.2) is 59.6 Å². The molecule has 4 nitrogen and oxygen atoms in total. The third kappa shape index (κ3) is 5.70. The molecule has 0 unspecified atom stereocenters. The quantitative estimate of drug-likeness (QED) is 0.617. The molecule has 1 N–H and O–H groups in total. The van der Waals surface area contributed by atoms with Gasteiger partial charge in [0.1, 0.15) is 6.04 Å². The van der Waals surface area contributed by atoms with Crippen LogP contribution in [0.25, 0.3) is 0 Å². The van der Waals surface area contributed by atoms with Gasteiger partial charge in [-0.15, -0.1) is 0 Å². The van der Waals surface area contributed by atoms with Crippen LogP contribution in [-0.2, 0) is 4.79 Å². The lowest BCUT2D eigenvalue weighted by Gasteiger charge is -2.35. The Kier molecular flexibility index (Phi) is 8.06. The van der Waals surface area contributed by atoms with Crippen molar-refractivity contribution in [1.29, 1.82) is 0 Å². The minimum Gasteiger partial charge on any atom is -0.480 e. The normalized spacial score (nSPS) is 28.0. The molecule has 0 bridgehead atoms. The Hall–Kier alpha value is -1.39. The molecule has 2 saturated heterocycles. The van der Waals surface area contributed by atoms with Gasteiger partial charge in [0.2, 0.25) is 0 Å². The predicted molar refractivity (Wildman–Crippen MR) is 126 cm³/mol. The van der Waals surface area contributed by atoms with Crippen molar-refractivity contribution in [3.05, 3.63) is 35.9 Å². The highest BCUT2D eigenvalue weighted by Gasteiger charge is 2.43. The monoisotopic (exact) mass is 426 g/mol. The molecule has 3 aliphatic rings. The molecule has 0 spiro atoms. The van der Waals surface area contributed by atoms with E-state index in [0.717, 1.165) is 38.4 Å². The summed E-state index contributed by atoms with van der Waals surface area (Å²) < 4.78 is 0. The lowest BCUT2D eigenvalue weighted by molar-refractivity contribution is -0.145. The molecule has 2 heterocycles. The Bertz CT molecular complexity index is 680. The van der Waals surface area contributed by atoms with Crippen LogP contribution < -0.4 is 0 Å². The van der Waals surface area contributed by atoms with Crippen LogP contribution in [0.4, 0.5) is 0 Å². The average Bonchev–Trinajstić information content (AvgIpc) is 3.19. The van der Waals surface area contributed by atoms with Gasteiger partial charge in [0, 0.05) is 25.6 Å². The highest BCUT2D eigenvalue weighted by molar-refractivity contribution is 5.74. The van der Waals surface area contributed by atoms with Crippen LogP contribution in [0.2, 0.25) is 0 Å². The van der Waals surface area contributed by atoms with E-state index in [9.17, 15) is 9.90 Å². The number of hydrogen-bond donors (Lipinski definition) is 1. The molecule has 1 saturated carbocycles. The average molecular weight is 427 g/mol. The maximum atomic E-state index is 12.4. The zero-order chi connectivity index (χ0) is 21.6. The summed E-state index contributed by atoms with van der Waals surface area (Å²) in [5.41, 5.74) is 1.39. The third-order valence-electron chi connectivity index (χ3n) is 8.34. The van der Waals surface area contributed by atoms with Crippen molar-refractivity contribution in [1.82, 2.24) is 9.80 Å². The second-order valence-electron chi connectivity index (χ2n) is 10.4. The van der Waals surface area contributed by atoms with E-state index >= 15 is 0 Å². The summed E-state index contributed by atoms with van der Waals surface area (Å²) in [5, 5.41) is 10.2. The number of carboxylic acids is 1. The SMILES string of the molecule is CCCC1CCN(C[C@H]2CN([C@@H](C(=O)O)C3CCCCC3)C[C@@H]2c2ccccc2)CC1. The van der Waals surface area contributed by atoms with Crippen LogP contribution in [0, 0.1) is 17.8 Å². The van der Waals surface area contributed by atoms with Gasteiger partial charge in [0.15, 0.2) is 0 Å². The standard InChI is InChI=1S/C27H42N2O2/c1-2-9-21-14-16-28(17-15-21)18-24-19-29(20-25(24)22-10-5-3-6-11-22)26(27(30)31)23-12-7-4-8-13-23/h3,5-6,10-11,21,23-26H,2,4,7-9,12-20H2,1H3,(H,30,31)/t24-,25+,26+/m0/s1. The van der Waals surface area contributed by atoms with Gasteiger partial charge in [0.05, 0.1) is 0 Å². The fraction of sp³-hybridized carbons (Fsp3) is 0.741. The van der Waals surface area contributed by atoms with Crippen LogP contribution in [0.3, 0.4) is 0 Å². The molecule has 172 valence electrons. The molecule has 1 aromatic rings. The van der Waals surface area contributed by atoms with Gasteiger partial charge in [-0.05, 0) is 62.1 Å². The maximum absolute atomic E-state index is 12.4. The predicted octanol–water partition coefficient (Wildman–Crippen LogP) is 5.25. The first-order chi connectivity index (χ1) is 15.2. The van der Waals surface area contributed by atoms with Crippen molar-refractivity contribution in [2.45, 2.75) is 76.7 Å². The molecule has 4 heteroatoms. The minimum atomic E-state index is -0.597. The summed E-state index contributed by atoms with van der Waals surface area (Å²) in [7, 11) is 0. The van der Waals surface area contributed by atoms with E-state index in [2.05, 4.69) is 47.1 Å². The number of rotatable bonds is 8. The van der Waals surface area contributed by atoms with E-state index < -0.39 is 5.97 Å². The Labute approximate surface area is 189 Å². The van der Waals surface area contributed by atoms with E-state index in [-0.39, 0.29) is 6.04 Å². The molecule has 0 aromatic heterocycles. The summed E-state index contributed by atoms with van der Waals surface area (Å²) in [6.07, 6.45) is 11.2. The smallest absolute Gasteiger partial charge is 0.321 e. The molecule has 0 amide bonds. The first kappa shape index (κ1) is 22.8. The van der Waals surface area contributed by atoms with E-state index in [4.69, 9.17) is 0 Å². The molecule has 3 atom stereocenters. The minimum absolute atomic E-state index is 0.299. The largest absolute Gasteiger partial charge is 0.480 e. The van der Waals surface area contributed by atoms with Crippen molar-refractivity contribution in [3.63, 3.8) is 0 Å². The second-order valence-corrected chi connectivity index (χ2v) is 10.4. The molecule has 4 rings (SSSR count). The van der Waals surface area contributed by atoms with E-state index in [1.165, 1.54) is 63.6 Å². The van der Waals surface area contributed by atoms with Crippen LogP contribution >= 0.6 is 0 Å². The van der Waals surface area contributed by atoms with Crippen LogP contribution in [0.1, 0.15) is 76.2 Å². The number of aliphatic carboxylic acids is 1. The molecule has 31 heavy (non-hydrogen) atoms. The fourth-order valence-electron chi connectivity index (χ4n) is 6.70. The summed E-state index contributed by atoms with van der Waals surface area (Å²) in [6, 6.07) is 10.6. The fourth-order valence-corrected chi connectivity index (χ4v) is 6.70. The van der Waals surface area contributed by atoms with E-state index in [0.29, 0.717) is 17.8 Å². The number of carbonyl (C=O) groups is 1. The van der Waals surface area contributed by atoms with Gasteiger partial charge in [-0.3, -0.25) is 9.69 Å². The number of hydrogen-bond acceptors (Lipinski definition) is 3. The van der Waals surface area contributed by atoms with E-state index in [1.54, 1.807) is 0 Å². The Morgan fingerprint density at radius 3 is 2.39 bits per heavy atom. The lowest BCUT2D eigenvalue weighted by atomic mass is 9.83. The number of nitrogens with zero attached hydrogens (tertiary/aromatic N) is 2. The van der Waals surface area contributed by atoms with Gasteiger partial charge in [0.25, 0.3) is 0 Å². The first-order valence-corrected chi connectivity index (χ1v) is 12.9. The summed E-state index contributed by atoms with van der Waals surface area (Å²) >= 11 is 0. The number of likely N-dealkylation sites (tertiary alicyclic amines) is 2. The first-order valence-electron chi connectivity index (χ1n) is 12.9. The summed E-state index contributed by atoms with van der Waals surface area (Å²) in [5.74, 6) is 1.61. The molecule has 3 fully saturated rings. The van der Waals surface area contributed by atoms with Crippen LogP contribution in [0.15, 0.2) is 30.3 Å². The van der Waals surface area contributed by atoms with Crippen molar-refractivity contribution >= 4 is 5.97 Å². The Morgan fingerprint density at radius 1 is 1.03 bits per heavy atom. The highest BCUT2D eigenvalue weighted by atomic mass is 16.4. The van der Waals surface area contributed by atoms with Crippen molar-refractivity contribution in [3.8, 4) is 0 Å². The zero-order valence-electron chi connectivity index (χ0n) is 19.4. The second kappa shape index (κ2) is 11.0. The van der Waals surface area contributed by atoms with Gasteiger partial charge in [-0.25, -0.2) is 0 Å². The molecular weight excluding hydrogens is 384 g/mol. The van der Waals surface area contributed by atoms with Crippen molar-refractivity contribution in [2.24, 2.45) is 17.8 Å². The summed E-state index contributed by atoms with van der Waals surface area (Å²) in [4.78, 5) is 17.4. The molecular formula is C27H42N2O2. The molecule has 2 aliphatic heterocycles. The number of carboxylic acid groups (broad SMARTS) is 1. The maximum Gasteiger partial charge on any atom is 0.321 e. The third-order valence-corrected chi connectivity index (χ3v) is 8.34. The Balaban J connectivity index is 1.47. The zero-order valence-corrected chi connectivity index (χ0v) is 19.4. The van der Waals surface area contributed by atoms with Gasteiger partial charge >= 0.3 is 5.97 Å². The number of piperidine rings is 1. The van der Waals surface area contributed by atoms with Crippen molar-refractivity contribution in [2.75, 3.05) is 32.7 Å². The highest BCUT2D eigenvalue weighted by Crippen LogP contribution is 2.38. The van der Waals surface area contributed by atoms with Crippen LogP contribution in [0.5, 0.6) is 0 Å². The molecule has 1 aromatic carbocycles. The Morgan fingerprint density at radius 2 is 1.74 bits per heavy atom. The van der Waals surface area contributed by atoms with E-state index in [1.807, 2.05) is 0 Å². The lowest BCUT2D eigenvalue weighted by Crippen LogP contribution is -2.46. The van der Waals surface area contributed by atoms with Gasteiger partial charge in [-0.2, -0.15) is 0 Å². The molecule has 0 radical (unpaired) electrons. The topological polar surface area (TPSA) is 43.8 Å². The van der Waals surface area contributed by atoms with Gasteiger partial charge < -0.3 is 10.0 Å². The van der Waals surface area contributed by atoms with Gasteiger partial charge in [-0.1, -0.05) is 69.4 Å². The number of benzene rings is 1. The summed E-state index contributed by atoms with van der Waals surface area (Å²) in [6.45, 7) is 7.68.